The molecule has 1 aromatic rings. The summed E-state index contributed by atoms with van der Waals surface area (Å²) < 4.78 is 11.7. The first kappa shape index (κ1) is 44.5. The fraction of sp³-hybridized carbons (Fsp3) is 0.732. The molecule has 0 radical (unpaired) electrons. The number of aliphatic imine (C=N–C) groups is 1. The Morgan fingerprint density at radius 1 is 1.02 bits per heavy atom. The molecule has 1 unspecified atom stereocenters. The molecule has 1 fully saturated rings. The quantitative estimate of drug-likeness (QED) is 0.296. The van der Waals surface area contributed by atoms with Gasteiger partial charge in [-0.15, -0.1) is 11.8 Å². The van der Waals surface area contributed by atoms with Gasteiger partial charge in [0.25, 0.3) is 0 Å². The summed E-state index contributed by atoms with van der Waals surface area (Å²) in [5, 5.41) is 32.1. The van der Waals surface area contributed by atoms with E-state index in [4.69, 9.17) is 14.5 Å². The van der Waals surface area contributed by atoms with Gasteiger partial charge in [0.15, 0.2) is 6.29 Å². The number of carbonyl (C=O) groups is 4. The zero-order chi connectivity index (χ0) is 40.4. The molecule has 55 heavy (non-hydrogen) atoms. The van der Waals surface area contributed by atoms with Crippen LogP contribution in [0.25, 0.3) is 0 Å². The van der Waals surface area contributed by atoms with Gasteiger partial charge in [-0.3, -0.25) is 24.2 Å². The molecule has 14 heteroatoms. The van der Waals surface area contributed by atoms with Crippen molar-refractivity contribution < 1.29 is 38.9 Å². The van der Waals surface area contributed by atoms with E-state index in [-0.39, 0.29) is 54.1 Å². The van der Waals surface area contributed by atoms with Crippen LogP contribution in [0.5, 0.6) is 5.75 Å². The van der Waals surface area contributed by atoms with Crippen molar-refractivity contribution in [2.75, 3.05) is 19.4 Å². The molecular weight excluding hydrogens is 723 g/mol. The fourth-order valence-electron chi connectivity index (χ4n) is 7.47. The van der Waals surface area contributed by atoms with Crippen molar-refractivity contribution in [2.24, 2.45) is 22.2 Å². The second-order valence-corrected chi connectivity index (χ2v) is 18.0. The SMILES string of the molecule is CC[C@H](C)[C@@H]1NC(=O)[C@H](C)NC(=O)[C@H](Cc2ccc(OC)cc2)NC(=O)CC[C@@H]2CSC(=N2)C[C@@H](O)C[C@H](C)C[C@@H](C(C)(C)C)OC(O)[C@@H]2CCCN2C1=O. The van der Waals surface area contributed by atoms with Crippen LogP contribution in [0.4, 0.5) is 0 Å². The minimum Gasteiger partial charge on any atom is -0.497 e. The van der Waals surface area contributed by atoms with E-state index in [1.54, 1.807) is 42.8 Å². The van der Waals surface area contributed by atoms with Gasteiger partial charge < -0.3 is 40.5 Å². The summed E-state index contributed by atoms with van der Waals surface area (Å²) in [5.41, 5.74) is 0.461. The Hall–Kier alpha value is -3.20. The molecule has 4 amide bonds. The Kier molecular flexibility index (Phi) is 16.4. The molecule has 5 N–H and O–H groups in total. The van der Waals surface area contributed by atoms with Crippen LogP contribution in [0.1, 0.15) is 105 Å². The normalized spacial score (nSPS) is 31.9. The van der Waals surface area contributed by atoms with Crippen LogP contribution in [0.3, 0.4) is 0 Å². The number of aliphatic hydroxyl groups excluding tert-OH is 2. The molecule has 0 aromatic heterocycles. The van der Waals surface area contributed by atoms with E-state index in [0.29, 0.717) is 63.0 Å². The fourth-order valence-corrected chi connectivity index (χ4v) is 8.63. The first-order valence-corrected chi connectivity index (χ1v) is 21.0. The van der Waals surface area contributed by atoms with Gasteiger partial charge in [0.1, 0.15) is 23.9 Å². The maximum atomic E-state index is 14.2. The Bertz CT molecular complexity index is 1490. The van der Waals surface area contributed by atoms with Gasteiger partial charge in [-0.25, -0.2) is 0 Å². The van der Waals surface area contributed by atoms with E-state index < -0.39 is 48.4 Å². The molecule has 4 rings (SSSR count). The van der Waals surface area contributed by atoms with E-state index in [2.05, 4.69) is 43.6 Å². The van der Waals surface area contributed by atoms with Crippen LogP contribution in [0, 0.1) is 17.3 Å². The topological polar surface area (TPSA) is 179 Å². The van der Waals surface area contributed by atoms with Crippen molar-refractivity contribution in [1.82, 2.24) is 20.9 Å². The lowest BCUT2D eigenvalue weighted by molar-refractivity contribution is -0.197. The Balaban J connectivity index is 1.61. The predicted octanol–water partition coefficient (Wildman–Crippen LogP) is 3.97. The number of nitrogens with one attached hydrogen (secondary N) is 3. The van der Waals surface area contributed by atoms with Crippen LogP contribution in [-0.2, 0) is 30.3 Å². The number of aliphatic hydroxyl groups is 2. The zero-order valence-corrected chi connectivity index (χ0v) is 34.8. The number of benzene rings is 1. The summed E-state index contributed by atoms with van der Waals surface area (Å²) >= 11 is 1.60. The summed E-state index contributed by atoms with van der Waals surface area (Å²) in [5.74, 6) is -0.472. The molecule has 308 valence electrons. The standard InChI is InChI=1S/C41H65N5O8S/c1-9-25(3)36-39(51)46-18-10-11-32(46)40(52)54-33(41(5,6)7)20-24(2)19-29(47)22-35-43-28(23-55-35)14-17-34(48)44-31(38(50)42-26(4)37(49)45-36)21-27-12-15-30(53-8)16-13-27/h12-13,15-16,24-26,28-29,31-33,36,40,47,52H,9-11,14,17-23H2,1-8H3,(H,42,50)(H,44,48)(H,45,49)/t24-,25-,26-,28+,29-,31-,32-,33-,36-,40?/m0/s1. The highest BCUT2D eigenvalue weighted by atomic mass is 32.2. The number of hydrogen-bond donors (Lipinski definition) is 5. The number of amides is 4. The molecular formula is C41H65N5O8S. The van der Waals surface area contributed by atoms with Crippen LogP contribution in [-0.4, -0.2) is 112 Å². The van der Waals surface area contributed by atoms with Crippen LogP contribution < -0.4 is 20.7 Å². The predicted molar refractivity (Wildman–Crippen MR) is 215 cm³/mol. The van der Waals surface area contributed by atoms with E-state index in [1.807, 2.05) is 26.0 Å². The molecule has 0 saturated carbocycles. The minimum atomic E-state index is -1.24. The number of nitrogens with zero attached hydrogens (tertiary/aromatic N) is 2. The summed E-state index contributed by atoms with van der Waals surface area (Å²) in [7, 11) is 1.57. The summed E-state index contributed by atoms with van der Waals surface area (Å²) in [4.78, 5) is 61.5. The maximum Gasteiger partial charge on any atom is 0.245 e. The highest BCUT2D eigenvalue weighted by molar-refractivity contribution is 8.14. The van der Waals surface area contributed by atoms with Crippen molar-refractivity contribution in [1.29, 1.82) is 0 Å². The third-order valence-electron chi connectivity index (χ3n) is 11.1. The van der Waals surface area contributed by atoms with Crippen LogP contribution in [0.2, 0.25) is 0 Å². The maximum absolute atomic E-state index is 14.2. The molecule has 3 aliphatic rings. The second-order valence-electron chi connectivity index (χ2n) is 16.9. The van der Waals surface area contributed by atoms with Crippen LogP contribution >= 0.6 is 11.8 Å². The molecule has 1 aromatic carbocycles. The Labute approximate surface area is 331 Å². The zero-order valence-electron chi connectivity index (χ0n) is 34.0. The van der Waals surface area contributed by atoms with Crippen molar-refractivity contribution in [3.05, 3.63) is 29.8 Å². The average molecular weight is 788 g/mol. The highest BCUT2D eigenvalue weighted by Gasteiger charge is 2.42. The van der Waals surface area contributed by atoms with Crippen molar-refractivity contribution >= 4 is 40.4 Å². The number of rotatable bonds is 5. The Morgan fingerprint density at radius 2 is 1.73 bits per heavy atom. The first-order valence-electron chi connectivity index (χ1n) is 20.0. The smallest absolute Gasteiger partial charge is 0.245 e. The van der Waals surface area contributed by atoms with Gasteiger partial charge in [0, 0.05) is 31.6 Å². The van der Waals surface area contributed by atoms with Crippen molar-refractivity contribution in [2.45, 2.75) is 155 Å². The van der Waals surface area contributed by atoms with Crippen molar-refractivity contribution in [3.63, 3.8) is 0 Å². The summed E-state index contributed by atoms with van der Waals surface area (Å²) in [6.45, 7) is 14.0. The van der Waals surface area contributed by atoms with E-state index in [9.17, 15) is 29.4 Å². The molecule has 3 aliphatic heterocycles. The molecule has 10 atom stereocenters. The monoisotopic (exact) mass is 787 g/mol. The van der Waals surface area contributed by atoms with Gasteiger partial charge in [-0.05, 0) is 74.0 Å². The number of thioether (sulfide) groups is 1. The lowest BCUT2D eigenvalue weighted by atomic mass is 9.82. The van der Waals surface area contributed by atoms with Gasteiger partial charge in [-0.1, -0.05) is 60.1 Å². The molecule has 0 aliphatic carbocycles. The molecule has 13 nitrogen and oxygen atoms in total. The molecule has 3 heterocycles. The lowest BCUT2D eigenvalue weighted by Crippen LogP contribution is -2.59. The largest absolute Gasteiger partial charge is 0.497 e. The lowest BCUT2D eigenvalue weighted by Gasteiger charge is -2.38. The molecule has 1 saturated heterocycles. The first-order chi connectivity index (χ1) is 26.0. The number of carbonyl (C=O) groups excluding carboxylic acids is 4. The van der Waals surface area contributed by atoms with Crippen molar-refractivity contribution in [3.8, 4) is 5.75 Å². The highest BCUT2D eigenvalue weighted by Crippen LogP contribution is 2.34. The average Bonchev–Trinajstić information content (AvgIpc) is 3.81. The van der Waals surface area contributed by atoms with Gasteiger partial charge in [-0.2, -0.15) is 0 Å². The van der Waals surface area contributed by atoms with Crippen LogP contribution in [0.15, 0.2) is 29.3 Å². The number of methoxy groups -OCH3 is 1. The van der Waals surface area contributed by atoms with E-state index >= 15 is 0 Å². The third-order valence-corrected chi connectivity index (χ3v) is 12.3. The minimum absolute atomic E-state index is 0.0721. The number of hydrogen-bond acceptors (Lipinski definition) is 10. The summed E-state index contributed by atoms with van der Waals surface area (Å²) in [6, 6.07) is 3.63. The second kappa shape index (κ2) is 20.3. The van der Waals surface area contributed by atoms with E-state index in [1.165, 1.54) is 0 Å². The molecule has 0 spiro atoms. The summed E-state index contributed by atoms with van der Waals surface area (Å²) in [6.07, 6.45) is 1.99. The van der Waals surface area contributed by atoms with E-state index in [0.717, 1.165) is 10.6 Å². The van der Waals surface area contributed by atoms with Gasteiger partial charge >= 0.3 is 0 Å². The Morgan fingerprint density at radius 3 is 2.38 bits per heavy atom. The van der Waals surface area contributed by atoms with Gasteiger partial charge in [0.05, 0.1) is 36.4 Å². The molecule has 2 bridgehead atoms. The number of fused-ring (bicyclic) bond motifs is 2. The number of ether oxygens (including phenoxy) is 2. The van der Waals surface area contributed by atoms with Gasteiger partial charge in [0.2, 0.25) is 23.6 Å². The third kappa shape index (κ3) is 12.9.